The first-order valence-corrected chi connectivity index (χ1v) is 5.44. The summed E-state index contributed by atoms with van der Waals surface area (Å²) in [7, 11) is 0. The lowest BCUT2D eigenvalue weighted by molar-refractivity contribution is -0.156. The summed E-state index contributed by atoms with van der Waals surface area (Å²) < 4.78 is 5.00. The number of nitrogens with zero attached hydrogens (tertiary/aromatic N) is 2. The molecule has 0 radical (unpaired) electrons. The van der Waals surface area contributed by atoms with Gasteiger partial charge in [-0.05, 0) is 12.1 Å². The Hall–Kier alpha value is -2.31. The lowest BCUT2D eigenvalue weighted by Gasteiger charge is -2.33. The van der Waals surface area contributed by atoms with Crippen molar-refractivity contribution in [2.24, 2.45) is 0 Å². The van der Waals surface area contributed by atoms with Gasteiger partial charge in [-0.1, -0.05) is 0 Å². The van der Waals surface area contributed by atoms with Gasteiger partial charge >= 0.3 is 11.9 Å². The Bertz CT molecular complexity index is 460. The minimum atomic E-state index is -1.47. The number of carboxylic acid groups (broad SMARTS) is 1. The van der Waals surface area contributed by atoms with E-state index in [1.54, 1.807) is 12.1 Å². The van der Waals surface area contributed by atoms with E-state index in [0.29, 0.717) is 13.1 Å². The topological polar surface area (TPSA) is 91.1 Å². The van der Waals surface area contributed by atoms with Crippen LogP contribution in [0.5, 0.6) is 0 Å². The fourth-order valence-electron chi connectivity index (χ4n) is 1.80. The van der Waals surface area contributed by atoms with E-state index in [0.717, 1.165) is 0 Å². The molecule has 0 atom stereocenters. The summed E-state index contributed by atoms with van der Waals surface area (Å²) in [5.41, 5.74) is 0. The van der Waals surface area contributed by atoms with E-state index >= 15 is 0 Å². The van der Waals surface area contributed by atoms with Crippen LogP contribution >= 0.6 is 0 Å². The molecule has 96 valence electrons. The first-order chi connectivity index (χ1) is 8.59. The summed E-state index contributed by atoms with van der Waals surface area (Å²) in [6, 6.07) is 3.19. The van der Waals surface area contributed by atoms with Crippen LogP contribution in [0.4, 0.5) is 0 Å². The third kappa shape index (κ3) is 2.34. The molecule has 2 rings (SSSR count). The number of rotatable bonds is 1. The number of carbonyl (C=O) groups excluding carboxylic acids is 2. The fraction of sp³-hybridized carbons (Fsp3) is 0.364. The summed E-state index contributed by atoms with van der Waals surface area (Å²) >= 11 is 0. The molecule has 1 saturated heterocycles. The summed E-state index contributed by atoms with van der Waals surface area (Å²) in [5.74, 6) is -2.41. The minimum Gasteiger partial charge on any atom is -0.474 e. The number of amides is 2. The number of carbonyl (C=O) groups is 3. The van der Waals surface area contributed by atoms with Crippen molar-refractivity contribution in [2.45, 2.75) is 0 Å². The second-order valence-corrected chi connectivity index (χ2v) is 3.87. The molecule has 2 amide bonds. The van der Waals surface area contributed by atoms with Crippen LogP contribution < -0.4 is 0 Å². The molecule has 0 saturated carbocycles. The smallest absolute Gasteiger partial charge is 0.394 e. The molecule has 1 aliphatic rings. The molecular formula is C11H12N2O5. The maximum Gasteiger partial charge on any atom is 0.394 e. The third-order valence-electron chi connectivity index (χ3n) is 2.77. The first-order valence-electron chi connectivity index (χ1n) is 5.44. The number of piperazine rings is 1. The molecule has 1 aromatic rings. The SMILES string of the molecule is O=C(O)C(=O)N1CCN(C(=O)c2ccco2)CC1. The zero-order valence-corrected chi connectivity index (χ0v) is 9.54. The van der Waals surface area contributed by atoms with E-state index in [-0.39, 0.29) is 24.8 Å². The summed E-state index contributed by atoms with van der Waals surface area (Å²) in [4.78, 5) is 36.4. The van der Waals surface area contributed by atoms with E-state index in [1.165, 1.54) is 16.1 Å². The highest BCUT2D eigenvalue weighted by molar-refractivity contribution is 6.31. The molecule has 1 aliphatic heterocycles. The van der Waals surface area contributed by atoms with E-state index in [9.17, 15) is 14.4 Å². The zero-order valence-electron chi connectivity index (χ0n) is 9.54. The van der Waals surface area contributed by atoms with Gasteiger partial charge in [0.1, 0.15) is 0 Å². The average Bonchev–Trinajstić information content (AvgIpc) is 2.91. The van der Waals surface area contributed by atoms with Crippen molar-refractivity contribution in [3.8, 4) is 0 Å². The van der Waals surface area contributed by atoms with Crippen LogP contribution in [0.15, 0.2) is 22.8 Å². The summed E-state index contributed by atoms with van der Waals surface area (Å²) in [5, 5.41) is 8.57. The van der Waals surface area contributed by atoms with Gasteiger partial charge in [0.25, 0.3) is 5.91 Å². The highest BCUT2D eigenvalue weighted by Crippen LogP contribution is 2.09. The van der Waals surface area contributed by atoms with Gasteiger partial charge < -0.3 is 19.3 Å². The van der Waals surface area contributed by atoms with Gasteiger partial charge in [0, 0.05) is 26.2 Å². The Morgan fingerprint density at radius 3 is 2.22 bits per heavy atom. The van der Waals surface area contributed by atoms with Crippen molar-refractivity contribution in [1.29, 1.82) is 0 Å². The summed E-state index contributed by atoms with van der Waals surface area (Å²) in [6.45, 7) is 1.05. The Labute approximate surface area is 103 Å². The van der Waals surface area contributed by atoms with Crippen LogP contribution in [-0.4, -0.2) is 58.9 Å². The van der Waals surface area contributed by atoms with Crippen molar-refractivity contribution in [2.75, 3.05) is 26.2 Å². The van der Waals surface area contributed by atoms with Crippen LogP contribution in [-0.2, 0) is 9.59 Å². The predicted molar refractivity (Wildman–Crippen MR) is 58.8 cm³/mol. The number of furan rings is 1. The summed E-state index contributed by atoms with van der Waals surface area (Å²) in [6.07, 6.45) is 1.41. The average molecular weight is 252 g/mol. The van der Waals surface area contributed by atoms with Crippen LogP contribution in [0.2, 0.25) is 0 Å². The third-order valence-corrected chi connectivity index (χ3v) is 2.77. The number of aliphatic carboxylic acids is 1. The van der Waals surface area contributed by atoms with Gasteiger partial charge in [-0.25, -0.2) is 4.79 Å². The molecule has 2 heterocycles. The van der Waals surface area contributed by atoms with Crippen LogP contribution in [0.1, 0.15) is 10.6 Å². The lowest BCUT2D eigenvalue weighted by Crippen LogP contribution is -2.52. The Balaban J connectivity index is 1.93. The molecule has 7 heteroatoms. The van der Waals surface area contributed by atoms with Gasteiger partial charge in [0.15, 0.2) is 5.76 Å². The highest BCUT2D eigenvalue weighted by atomic mass is 16.4. The largest absolute Gasteiger partial charge is 0.474 e. The van der Waals surface area contributed by atoms with Crippen molar-refractivity contribution < 1.29 is 23.9 Å². The molecule has 18 heavy (non-hydrogen) atoms. The van der Waals surface area contributed by atoms with Crippen LogP contribution in [0.25, 0.3) is 0 Å². The molecule has 0 unspecified atom stereocenters. The quantitative estimate of drug-likeness (QED) is 0.690. The normalized spacial score (nSPS) is 15.6. The predicted octanol–water partition coefficient (Wildman–Crippen LogP) is -0.351. The monoisotopic (exact) mass is 252 g/mol. The van der Waals surface area contributed by atoms with E-state index < -0.39 is 11.9 Å². The van der Waals surface area contributed by atoms with Crippen LogP contribution in [0, 0.1) is 0 Å². The number of carboxylic acids is 1. The minimum absolute atomic E-state index is 0.220. The van der Waals surface area contributed by atoms with Crippen molar-refractivity contribution in [3.63, 3.8) is 0 Å². The van der Waals surface area contributed by atoms with Crippen LogP contribution in [0.3, 0.4) is 0 Å². The molecule has 0 aliphatic carbocycles. The second-order valence-electron chi connectivity index (χ2n) is 3.87. The zero-order chi connectivity index (χ0) is 13.1. The van der Waals surface area contributed by atoms with E-state index in [2.05, 4.69) is 0 Å². The van der Waals surface area contributed by atoms with E-state index in [1.807, 2.05) is 0 Å². The Kier molecular flexibility index (Phi) is 3.31. The molecular weight excluding hydrogens is 240 g/mol. The van der Waals surface area contributed by atoms with Gasteiger partial charge in [-0.3, -0.25) is 9.59 Å². The Morgan fingerprint density at radius 1 is 1.11 bits per heavy atom. The number of hydrogen-bond donors (Lipinski definition) is 1. The number of hydrogen-bond acceptors (Lipinski definition) is 4. The maximum absolute atomic E-state index is 11.9. The molecule has 0 bridgehead atoms. The van der Waals surface area contributed by atoms with E-state index in [4.69, 9.17) is 9.52 Å². The molecule has 0 aromatic carbocycles. The molecule has 0 spiro atoms. The second kappa shape index (κ2) is 4.91. The van der Waals surface area contributed by atoms with Crippen molar-refractivity contribution in [1.82, 2.24) is 9.80 Å². The van der Waals surface area contributed by atoms with Gasteiger partial charge in [-0.2, -0.15) is 0 Å². The van der Waals surface area contributed by atoms with Gasteiger partial charge in [0.2, 0.25) is 0 Å². The maximum atomic E-state index is 11.9. The molecule has 1 fully saturated rings. The van der Waals surface area contributed by atoms with Crippen molar-refractivity contribution >= 4 is 17.8 Å². The fourth-order valence-corrected chi connectivity index (χ4v) is 1.80. The van der Waals surface area contributed by atoms with Gasteiger partial charge in [0.05, 0.1) is 6.26 Å². The standard InChI is InChI=1S/C11H12N2O5/c14-9(8-2-1-7-18-8)12-3-5-13(6-4-12)10(15)11(16)17/h1-2,7H,3-6H2,(H,16,17). The molecule has 1 aromatic heterocycles. The van der Waals surface area contributed by atoms with Crippen molar-refractivity contribution in [3.05, 3.63) is 24.2 Å². The van der Waals surface area contributed by atoms with Gasteiger partial charge in [-0.15, -0.1) is 0 Å². The highest BCUT2D eigenvalue weighted by Gasteiger charge is 2.28. The molecule has 1 N–H and O–H groups in total. The first kappa shape index (κ1) is 12.2. The Morgan fingerprint density at radius 2 is 1.72 bits per heavy atom. The lowest BCUT2D eigenvalue weighted by atomic mass is 10.3. The molecule has 7 nitrogen and oxygen atoms in total.